The van der Waals surface area contributed by atoms with E-state index >= 15 is 0 Å². The van der Waals surface area contributed by atoms with Gasteiger partial charge in [0.15, 0.2) is 0 Å². The summed E-state index contributed by atoms with van der Waals surface area (Å²) in [6.07, 6.45) is 2.86. The van der Waals surface area contributed by atoms with Gasteiger partial charge in [-0.05, 0) is 31.9 Å². The molecule has 0 spiro atoms. The SMILES string of the molecule is CC#CCCCCOc1cc[c]c(F)c1. The Morgan fingerprint density at radius 3 is 3.07 bits per heavy atom. The lowest BCUT2D eigenvalue weighted by Crippen LogP contribution is -1.97. The van der Waals surface area contributed by atoms with Crippen molar-refractivity contribution in [2.75, 3.05) is 6.61 Å². The first kappa shape index (κ1) is 11.6. The Bertz CT molecular complexity index is 349. The van der Waals surface area contributed by atoms with Crippen LogP contribution in [-0.4, -0.2) is 6.61 Å². The summed E-state index contributed by atoms with van der Waals surface area (Å²) < 4.78 is 18.0. The van der Waals surface area contributed by atoms with E-state index < -0.39 is 0 Å². The smallest absolute Gasteiger partial charge is 0.134 e. The van der Waals surface area contributed by atoms with Gasteiger partial charge in [-0.3, -0.25) is 0 Å². The highest BCUT2D eigenvalue weighted by atomic mass is 19.1. The molecule has 0 unspecified atom stereocenters. The van der Waals surface area contributed by atoms with Gasteiger partial charge in [-0.25, -0.2) is 4.39 Å². The Labute approximate surface area is 90.3 Å². The molecule has 0 heterocycles. The second kappa shape index (κ2) is 6.89. The molecule has 1 aromatic carbocycles. The van der Waals surface area contributed by atoms with Crippen molar-refractivity contribution in [1.82, 2.24) is 0 Å². The van der Waals surface area contributed by atoms with Gasteiger partial charge in [0.25, 0.3) is 0 Å². The molecule has 0 fully saturated rings. The number of hydrogen-bond donors (Lipinski definition) is 0. The summed E-state index contributed by atoms with van der Waals surface area (Å²) in [6.45, 7) is 2.44. The van der Waals surface area contributed by atoms with Crippen LogP contribution < -0.4 is 4.74 Å². The van der Waals surface area contributed by atoms with Gasteiger partial charge in [0, 0.05) is 18.6 Å². The summed E-state index contributed by atoms with van der Waals surface area (Å²) in [6, 6.07) is 6.99. The minimum absolute atomic E-state index is 0.385. The third-order valence-corrected chi connectivity index (χ3v) is 1.88. The molecule has 0 saturated heterocycles. The average Bonchev–Trinajstić information content (AvgIpc) is 2.23. The van der Waals surface area contributed by atoms with Crippen LogP contribution in [0.5, 0.6) is 5.75 Å². The maximum absolute atomic E-state index is 12.7. The van der Waals surface area contributed by atoms with E-state index in [4.69, 9.17) is 4.74 Å². The summed E-state index contributed by atoms with van der Waals surface area (Å²) in [4.78, 5) is 0. The van der Waals surface area contributed by atoms with Crippen molar-refractivity contribution >= 4 is 0 Å². The molecule has 0 aliphatic rings. The Hall–Kier alpha value is -1.49. The van der Waals surface area contributed by atoms with Gasteiger partial charge in [0.2, 0.25) is 0 Å². The number of hydrogen-bond acceptors (Lipinski definition) is 1. The molecule has 0 bridgehead atoms. The molecule has 15 heavy (non-hydrogen) atoms. The van der Waals surface area contributed by atoms with E-state index in [0.717, 1.165) is 19.3 Å². The van der Waals surface area contributed by atoms with Gasteiger partial charge in [0.1, 0.15) is 11.6 Å². The van der Waals surface area contributed by atoms with E-state index in [-0.39, 0.29) is 5.82 Å². The zero-order chi connectivity index (χ0) is 10.9. The minimum Gasteiger partial charge on any atom is -0.493 e. The zero-order valence-corrected chi connectivity index (χ0v) is 8.85. The first-order chi connectivity index (χ1) is 7.33. The molecule has 0 aromatic heterocycles. The van der Waals surface area contributed by atoms with E-state index in [0.29, 0.717) is 12.4 Å². The fraction of sp³-hybridized carbons (Fsp3) is 0.385. The first-order valence-corrected chi connectivity index (χ1v) is 5.02. The maximum atomic E-state index is 12.7. The Morgan fingerprint density at radius 2 is 2.33 bits per heavy atom. The van der Waals surface area contributed by atoms with E-state index in [1.54, 1.807) is 6.07 Å². The average molecular weight is 205 g/mol. The summed E-state index contributed by atoms with van der Waals surface area (Å²) >= 11 is 0. The number of unbranched alkanes of at least 4 members (excludes halogenated alkanes) is 2. The van der Waals surface area contributed by atoms with Gasteiger partial charge < -0.3 is 4.74 Å². The van der Waals surface area contributed by atoms with Crippen molar-refractivity contribution in [3.05, 3.63) is 30.1 Å². The van der Waals surface area contributed by atoms with Crippen molar-refractivity contribution in [3.63, 3.8) is 0 Å². The van der Waals surface area contributed by atoms with Crippen LogP contribution in [0.2, 0.25) is 0 Å². The standard InChI is InChI=1S/C13H14FO/c1-2-3-4-5-6-10-15-13-9-7-8-12(14)11-13/h7,9,11H,4-6,10H2,1H3. The molecule has 0 atom stereocenters. The van der Waals surface area contributed by atoms with Crippen LogP contribution in [0.4, 0.5) is 4.39 Å². The molecule has 0 aliphatic carbocycles. The van der Waals surface area contributed by atoms with Gasteiger partial charge >= 0.3 is 0 Å². The topological polar surface area (TPSA) is 9.23 Å². The molecular formula is C13H14FO. The van der Waals surface area contributed by atoms with Gasteiger partial charge in [0.05, 0.1) is 6.61 Å². The van der Waals surface area contributed by atoms with Crippen molar-refractivity contribution in [2.24, 2.45) is 0 Å². The summed E-state index contributed by atoms with van der Waals surface area (Å²) in [5, 5.41) is 0. The van der Waals surface area contributed by atoms with Gasteiger partial charge in [-0.2, -0.15) is 0 Å². The highest BCUT2D eigenvalue weighted by Gasteiger charge is 1.95. The molecule has 0 N–H and O–H groups in total. The molecule has 1 radical (unpaired) electrons. The summed E-state index contributed by atoms with van der Waals surface area (Å²) in [7, 11) is 0. The van der Waals surface area contributed by atoms with Crippen LogP contribution in [0.25, 0.3) is 0 Å². The van der Waals surface area contributed by atoms with Crippen LogP contribution >= 0.6 is 0 Å². The fourth-order valence-corrected chi connectivity index (χ4v) is 1.14. The Balaban J connectivity index is 2.16. The molecule has 0 amide bonds. The predicted octanol–water partition coefficient (Wildman–Crippen LogP) is 3.20. The third-order valence-electron chi connectivity index (χ3n) is 1.88. The monoisotopic (exact) mass is 205 g/mol. The quantitative estimate of drug-likeness (QED) is 0.530. The van der Waals surface area contributed by atoms with Crippen LogP contribution in [0.3, 0.4) is 0 Å². The number of ether oxygens (including phenoxy) is 1. The summed E-state index contributed by atoms with van der Waals surface area (Å²) in [5.41, 5.74) is 0. The lowest BCUT2D eigenvalue weighted by molar-refractivity contribution is 0.306. The molecule has 0 aliphatic heterocycles. The van der Waals surface area contributed by atoms with Crippen molar-refractivity contribution < 1.29 is 9.13 Å². The molecule has 1 aromatic rings. The lowest BCUT2D eigenvalue weighted by Gasteiger charge is -2.04. The van der Waals surface area contributed by atoms with Crippen molar-refractivity contribution in [3.8, 4) is 17.6 Å². The van der Waals surface area contributed by atoms with Crippen LogP contribution in [0.15, 0.2) is 18.2 Å². The predicted molar refractivity (Wildman–Crippen MR) is 58.0 cm³/mol. The number of halogens is 1. The summed E-state index contributed by atoms with van der Waals surface area (Å²) in [5.74, 6) is 6.00. The second-order valence-electron chi connectivity index (χ2n) is 3.10. The fourth-order valence-electron chi connectivity index (χ4n) is 1.14. The number of rotatable bonds is 5. The van der Waals surface area contributed by atoms with Gasteiger partial charge in [-0.15, -0.1) is 11.8 Å². The Kier molecular flexibility index (Phi) is 5.32. The zero-order valence-electron chi connectivity index (χ0n) is 8.85. The van der Waals surface area contributed by atoms with Crippen molar-refractivity contribution in [1.29, 1.82) is 0 Å². The van der Waals surface area contributed by atoms with Crippen LogP contribution in [-0.2, 0) is 0 Å². The highest BCUT2D eigenvalue weighted by Crippen LogP contribution is 2.11. The van der Waals surface area contributed by atoms with E-state index in [1.807, 2.05) is 6.92 Å². The normalized spacial score (nSPS) is 9.20. The van der Waals surface area contributed by atoms with E-state index in [9.17, 15) is 4.39 Å². The third kappa shape index (κ3) is 5.07. The van der Waals surface area contributed by atoms with E-state index in [1.165, 1.54) is 12.1 Å². The maximum Gasteiger partial charge on any atom is 0.134 e. The van der Waals surface area contributed by atoms with Crippen LogP contribution in [0, 0.1) is 23.7 Å². The van der Waals surface area contributed by atoms with Crippen LogP contribution in [0.1, 0.15) is 26.2 Å². The second-order valence-corrected chi connectivity index (χ2v) is 3.10. The lowest BCUT2D eigenvalue weighted by atomic mass is 10.2. The van der Waals surface area contributed by atoms with E-state index in [2.05, 4.69) is 17.9 Å². The van der Waals surface area contributed by atoms with Gasteiger partial charge in [-0.1, -0.05) is 0 Å². The molecule has 79 valence electrons. The molecule has 1 nitrogen and oxygen atoms in total. The highest BCUT2D eigenvalue weighted by molar-refractivity contribution is 5.21. The molecular weight excluding hydrogens is 191 g/mol. The number of benzene rings is 1. The minimum atomic E-state index is -0.385. The Morgan fingerprint density at radius 1 is 1.47 bits per heavy atom. The molecule has 1 rings (SSSR count). The largest absolute Gasteiger partial charge is 0.493 e. The first-order valence-electron chi connectivity index (χ1n) is 5.02. The molecule has 0 saturated carbocycles. The van der Waals surface area contributed by atoms with Crippen molar-refractivity contribution in [2.45, 2.75) is 26.2 Å². The molecule has 2 heteroatoms.